The predicted molar refractivity (Wildman–Crippen MR) is 128 cm³/mol. The van der Waals surface area contributed by atoms with E-state index >= 15 is 0 Å². The second-order valence-electron chi connectivity index (χ2n) is 7.53. The Morgan fingerprint density at radius 3 is 2.41 bits per heavy atom. The molecule has 0 saturated carbocycles. The van der Waals surface area contributed by atoms with Crippen LogP contribution in [0.5, 0.6) is 0 Å². The van der Waals surface area contributed by atoms with Gasteiger partial charge in [-0.15, -0.1) is 0 Å². The van der Waals surface area contributed by atoms with Gasteiger partial charge in [0.2, 0.25) is 0 Å². The van der Waals surface area contributed by atoms with Gasteiger partial charge in [-0.25, -0.2) is 4.39 Å². The Balaban J connectivity index is 1.78. The molecule has 3 aromatic rings. The van der Waals surface area contributed by atoms with E-state index in [1.165, 1.54) is 29.2 Å². The smallest absolute Gasteiger partial charge is 0.270 e. The van der Waals surface area contributed by atoms with E-state index in [1.54, 1.807) is 6.08 Å². The number of carbonyl (C=O) groups excluding carboxylic acids is 2. The Labute approximate surface area is 195 Å². The maximum absolute atomic E-state index is 13.3. The third-order valence-electron chi connectivity index (χ3n) is 5.37. The summed E-state index contributed by atoms with van der Waals surface area (Å²) in [5.74, 6) is -1.59. The number of rotatable bonds is 3. The summed E-state index contributed by atoms with van der Waals surface area (Å²) in [5, 5.41) is 3.11. The van der Waals surface area contributed by atoms with Crippen LogP contribution in [0.1, 0.15) is 22.5 Å². The van der Waals surface area contributed by atoms with Crippen molar-refractivity contribution in [1.29, 1.82) is 0 Å². The highest BCUT2D eigenvalue weighted by molar-refractivity contribution is 7.80. The van der Waals surface area contributed by atoms with Crippen molar-refractivity contribution in [3.63, 3.8) is 0 Å². The van der Waals surface area contributed by atoms with Gasteiger partial charge in [0.25, 0.3) is 11.8 Å². The van der Waals surface area contributed by atoms with Crippen molar-refractivity contribution in [2.24, 2.45) is 0 Å². The largest absolute Gasteiger partial charge is 0.318 e. The lowest BCUT2D eigenvalue weighted by Crippen LogP contribution is -2.54. The van der Waals surface area contributed by atoms with Gasteiger partial charge in [0, 0.05) is 22.1 Å². The summed E-state index contributed by atoms with van der Waals surface area (Å²) in [6.07, 6.45) is 1.55. The average Bonchev–Trinajstić information content (AvgIpc) is 3.01. The second kappa shape index (κ2) is 8.33. The van der Waals surface area contributed by atoms with Crippen molar-refractivity contribution in [2.45, 2.75) is 20.8 Å². The maximum atomic E-state index is 13.3. The number of halogens is 2. The van der Waals surface area contributed by atoms with Crippen LogP contribution in [-0.2, 0) is 9.59 Å². The number of aromatic nitrogens is 1. The van der Waals surface area contributed by atoms with Gasteiger partial charge in [0.15, 0.2) is 5.11 Å². The van der Waals surface area contributed by atoms with Crippen LogP contribution in [0.2, 0.25) is 5.02 Å². The molecule has 0 bridgehead atoms. The molecule has 0 radical (unpaired) electrons. The zero-order valence-electron chi connectivity index (χ0n) is 17.6. The molecular weight excluding hydrogens is 449 g/mol. The van der Waals surface area contributed by atoms with Crippen LogP contribution >= 0.6 is 23.8 Å². The van der Waals surface area contributed by atoms with E-state index in [1.807, 2.05) is 49.6 Å². The van der Waals surface area contributed by atoms with E-state index in [-0.39, 0.29) is 10.7 Å². The molecule has 1 aromatic heterocycles. The third-order valence-corrected chi connectivity index (χ3v) is 5.89. The normalized spacial score (nSPS) is 15.5. The van der Waals surface area contributed by atoms with Gasteiger partial charge in [-0.2, -0.15) is 0 Å². The minimum absolute atomic E-state index is 0.0521. The number of carbonyl (C=O) groups is 2. The van der Waals surface area contributed by atoms with Gasteiger partial charge in [-0.3, -0.25) is 19.8 Å². The SMILES string of the molecule is Cc1ccc(Cl)cc1-n1c(C)cc(/C=C2\C(=O)NC(=S)N(c3ccc(F)cc3)C2=O)c1C. The molecule has 1 N–H and O–H groups in total. The molecule has 0 aliphatic carbocycles. The molecule has 1 fully saturated rings. The number of anilines is 1. The Morgan fingerprint density at radius 2 is 1.72 bits per heavy atom. The number of thiocarbonyl (C=S) groups is 1. The molecule has 0 unspecified atom stereocenters. The molecule has 2 amide bonds. The van der Waals surface area contributed by atoms with Crippen LogP contribution in [0, 0.1) is 26.6 Å². The fourth-order valence-corrected chi connectivity index (χ4v) is 4.21. The Morgan fingerprint density at radius 1 is 1.03 bits per heavy atom. The first-order chi connectivity index (χ1) is 15.2. The summed E-state index contributed by atoms with van der Waals surface area (Å²) in [7, 11) is 0. The first-order valence-corrected chi connectivity index (χ1v) is 10.6. The molecule has 1 aliphatic heterocycles. The standard InChI is InChI=1S/C24H19ClFN3O2S/c1-13-4-5-17(25)12-21(13)28-14(2)10-16(15(28)3)11-20-22(30)27-24(32)29(23(20)31)19-8-6-18(26)7-9-19/h4-12H,1-3H3,(H,27,30,32)/b20-11+. The fraction of sp³-hybridized carbons (Fsp3) is 0.125. The van der Waals surface area contributed by atoms with E-state index in [0.717, 1.165) is 22.6 Å². The summed E-state index contributed by atoms with van der Waals surface area (Å²) in [6, 6.07) is 12.9. The van der Waals surface area contributed by atoms with E-state index in [9.17, 15) is 14.0 Å². The van der Waals surface area contributed by atoms with E-state index in [2.05, 4.69) is 5.32 Å². The molecular formula is C24H19ClFN3O2S. The summed E-state index contributed by atoms with van der Waals surface area (Å²) in [6.45, 7) is 5.84. The monoisotopic (exact) mass is 467 g/mol. The van der Waals surface area contributed by atoms with Crippen molar-refractivity contribution in [3.05, 3.63) is 87.5 Å². The Hall–Kier alpha value is -3.29. The molecule has 162 valence electrons. The van der Waals surface area contributed by atoms with Crippen LogP contribution in [0.4, 0.5) is 10.1 Å². The summed E-state index contributed by atoms with van der Waals surface area (Å²) < 4.78 is 15.4. The highest BCUT2D eigenvalue weighted by atomic mass is 35.5. The van der Waals surface area contributed by atoms with Gasteiger partial charge in [-0.1, -0.05) is 17.7 Å². The van der Waals surface area contributed by atoms with E-state index < -0.39 is 17.6 Å². The van der Waals surface area contributed by atoms with Crippen molar-refractivity contribution >= 4 is 52.5 Å². The highest BCUT2D eigenvalue weighted by Gasteiger charge is 2.34. The van der Waals surface area contributed by atoms with Crippen LogP contribution in [0.15, 0.2) is 54.1 Å². The van der Waals surface area contributed by atoms with Crippen molar-refractivity contribution < 1.29 is 14.0 Å². The number of nitrogens with zero attached hydrogens (tertiary/aromatic N) is 2. The third kappa shape index (κ3) is 3.85. The topological polar surface area (TPSA) is 54.3 Å². The molecule has 0 atom stereocenters. The molecule has 2 heterocycles. The molecule has 2 aromatic carbocycles. The van der Waals surface area contributed by atoms with Crippen molar-refractivity contribution in [3.8, 4) is 5.69 Å². The fourth-order valence-electron chi connectivity index (χ4n) is 3.77. The molecule has 0 spiro atoms. The zero-order chi connectivity index (χ0) is 23.2. The van der Waals surface area contributed by atoms with Crippen LogP contribution in [-0.4, -0.2) is 21.5 Å². The number of benzene rings is 2. The van der Waals surface area contributed by atoms with Gasteiger partial charge in [-0.05, 0) is 92.7 Å². The first-order valence-electron chi connectivity index (χ1n) is 9.80. The van der Waals surface area contributed by atoms with Gasteiger partial charge >= 0.3 is 0 Å². The van der Waals surface area contributed by atoms with Crippen molar-refractivity contribution in [1.82, 2.24) is 9.88 Å². The lowest BCUT2D eigenvalue weighted by Gasteiger charge is -2.28. The summed E-state index contributed by atoms with van der Waals surface area (Å²) >= 11 is 11.4. The zero-order valence-corrected chi connectivity index (χ0v) is 19.1. The molecule has 1 saturated heterocycles. The number of aryl methyl sites for hydroxylation is 2. The Kier molecular flexibility index (Phi) is 5.71. The average molecular weight is 468 g/mol. The van der Waals surface area contributed by atoms with Gasteiger partial charge < -0.3 is 4.57 Å². The molecule has 5 nitrogen and oxygen atoms in total. The van der Waals surface area contributed by atoms with Gasteiger partial charge in [0.1, 0.15) is 11.4 Å². The molecule has 1 aliphatic rings. The quantitative estimate of drug-likeness (QED) is 0.334. The first kappa shape index (κ1) is 21.9. The van der Waals surface area contributed by atoms with Crippen LogP contribution < -0.4 is 10.2 Å². The van der Waals surface area contributed by atoms with Crippen LogP contribution in [0.3, 0.4) is 0 Å². The highest BCUT2D eigenvalue weighted by Crippen LogP contribution is 2.28. The summed E-state index contributed by atoms with van der Waals surface area (Å²) in [4.78, 5) is 27.0. The number of nitrogens with one attached hydrogen (secondary N) is 1. The summed E-state index contributed by atoms with van der Waals surface area (Å²) in [5.41, 5.74) is 4.75. The lowest BCUT2D eigenvalue weighted by atomic mass is 10.1. The molecule has 8 heteroatoms. The van der Waals surface area contributed by atoms with Crippen LogP contribution in [0.25, 0.3) is 11.8 Å². The number of hydrogen-bond donors (Lipinski definition) is 1. The second-order valence-corrected chi connectivity index (χ2v) is 8.35. The maximum Gasteiger partial charge on any atom is 0.270 e. The van der Waals surface area contributed by atoms with E-state index in [0.29, 0.717) is 16.3 Å². The van der Waals surface area contributed by atoms with E-state index in [4.69, 9.17) is 23.8 Å². The number of hydrogen-bond acceptors (Lipinski definition) is 3. The minimum Gasteiger partial charge on any atom is -0.318 e. The molecule has 4 rings (SSSR count). The van der Waals surface area contributed by atoms with Gasteiger partial charge in [0.05, 0.1) is 5.69 Å². The lowest BCUT2D eigenvalue weighted by molar-refractivity contribution is -0.122. The number of amides is 2. The predicted octanol–water partition coefficient (Wildman–Crippen LogP) is 5.03. The minimum atomic E-state index is -0.581. The van der Waals surface area contributed by atoms with Crippen molar-refractivity contribution in [2.75, 3.05) is 4.90 Å². The molecule has 32 heavy (non-hydrogen) atoms. The Bertz CT molecular complexity index is 1310.